The molecule has 2 aliphatic heterocycles. The predicted octanol–water partition coefficient (Wildman–Crippen LogP) is 5.23. The largest absolute Gasteiger partial charge is 0.292 e. The molecule has 0 radical (unpaired) electrons. The second-order valence-corrected chi connectivity index (χ2v) is 8.03. The average molecular weight is 327 g/mol. The first-order valence-electron chi connectivity index (χ1n) is 8.79. The van der Waals surface area contributed by atoms with E-state index in [9.17, 15) is 0 Å². The number of anilines is 3. The lowest BCUT2D eigenvalue weighted by Gasteiger charge is -2.47. The Balaban J connectivity index is 1.97. The number of rotatable bonds is 0. The second-order valence-electron chi connectivity index (χ2n) is 8.03. The zero-order valence-electron chi connectivity index (χ0n) is 15.0. The molecular formula is C22H21N3. The fourth-order valence-electron chi connectivity index (χ4n) is 4.53. The minimum Gasteiger partial charge on any atom is -0.292 e. The molecule has 2 aromatic heterocycles. The highest BCUT2D eigenvalue weighted by Gasteiger charge is 2.46. The van der Waals surface area contributed by atoms with Crippen LogP contribution >= 0.6 is 0 Å². The van der Waals surface area contributed by atoms with Crippen molar-refractivity contribution >= 4 is 17.2 Å². The van der Waals surface area contributed by atoms with Gasteiger partial charge in [0.2, 0.25) is 0 Å². The normalized spacial score (nSPS) is 18.2. The maximum atomic E-state index is 4.79. The molecule has 4 heterocycles. The van der Waals surface area contributed by atoms with Gasteiger partial charge in [-0.1, -0.05) is 38.1 Å². The summed E-state index contributed by atoms with van der Waals surface area (Å²) in [5.74, 6) is 1.03. The Hall–Kier alpha value is -2.68. The number of hydrogen-bond acceptors (Lipinski definition) is 3. The third-order valence-corrected chi connectivity index (χ3v) is 5.90. The van der Waals surface area contributed by atoms with Crippen LogP contribution in [-0.4, -0.2) is 9.97 Å². The van der Waals surface area contributed by atoms with Crippen LogP contribution in [0.5, 0.6) is 0 Å². The molecule has 5 rings (SSSR count). The highest BCUT2D eigenvalue weighted by Crippen LogP contribution is 2.58. The Morgan fingerprint density at radius 2 is 1.36 bits per heavy atom. The van der Waals surface area contributed by atoms with E-state index in [0.717, 1.165) is 17.2 Å². The van der Waals surface area contributed by atoms with Gasteiger partial charge < -0.3 is 0 Å². The van der Waals surface area contributed by atoms with Gasteiger partial charge in [-0.05, 0) is 43.2 Å². The molecule has 0 bridgehead atoms. The zero-order valence-corrected chi connectivity index (χ0v) is 15.0. The molecule has 0 atom stereocenters. The van der Waals surface area contributed by atoms with Crippen LogP contribution in [0.4, 0.5) is 17.2 Å². The lowest BCUT2D eigenvalue weighted by atomic mass is 9.68. The van der Waals surface area contributed by atoms with Gasteiger partial charge in [-0.2, -0.15) is 0 Å². The van der Waals surface area contributed by atoms with Crippen molar-refractivity contribution in [3.05, 3.63) is 77.2 Å². The van der Waals surface area contributed by atoms with Crippen molar-refractivity contribution < 1.29 is 0 Å². The number of fused-ring (bicyclic) bond motifs is 4. The molecule has 0 saturated heterocycles. The number of pyridine rings is 2. The molecule has 0 fully saturated rings. The fraction of sp³-hybridized carbons (Fsp3) is 0.273. The maximum Gasteiger partial charge on any atom is 0.141 e. The molecule has 0 spiro atoms. The summed E-state index contributed by atoms with van der Waals surface area (Å²) in [6, 6.07) is 15.1. The van der Waals surface area contributed by atoms with Crippen LogP contribution in [0.25, 0.3) is 0 Å². The fourth-order valence-corrected chi connectivity index (χ4v) is 4.53. The summed E-state index contributed by atoms with van der Waals surface area (Å²) in [6.07, 6.45) is 3.78. The van der Waals surface area contributed by atoms with Gasteiger partial charge in [0.25, 0.3) is 0 Å². The van der Waals surface area contributed by atoms with Gasteiger partial charge in [-0.15, -0.1) is 0 Å². The summed E-state index contributed by atoms with van der Waals surface area (Å²) in [5, 5.41) is 0. The van der Waals surface area contributed by atoms with Gasteiger partial charge in [0.15, 0.2) is 0 Å². The van der Waals surface area contributed by atoms with Gasteiger partial charge in [0, 0.05) is 28.8 Å². The summed E-state index contributed by atoms with van der Waals surface area (Å²) >= 11 is 0. The van der Waals surface area contributed by atoms with Crippen LogP contribution in [0.15, 0.2) is 54.9 Å². The summed E-state index contributed by atoms with van der Waals surface area (Å²) < 4.78 is 0. The quantitative estimate of drug-likeness (QED) is 0.566. The highest BCUT2D eigenvalue weighted by molar-refractivity contribution is 5.90. The molecule has 0 amide bonds. The summed E-state index contributed by atoms with van der Waals surface area (Å²) in [7, 11) is 0. The van der Waals surface area contributed by atoms with Gasteiger partial charge in [0.1, 0.15) is 5.82 Å². The van der Waals surface area contributed by atoms with Crippen LogP contribution in [0.1, 0.15) is 50.1 Å². The van der Waals surface area contributed by atoms with Crippen molar-refractivity contribution in [3.8, 4) is 0 Å². The lowest BCUT2D eigenvalue weighted by molar-refractivity contribution is 0.581. The molecule has 0 aliphatic carbocycles. The first-order chi connectivity index (χ1) is 11.9. The third-order valence-electron chi connectivity index (χ3n) is 5.90. The molecule has 3 nitrogen and oxygen atoms in total. The Labute approximate surface area is 148 Å². The third kappa shape index (κ3) is 1.66. The summed E-state index contributed by atoms with van der Waals surface area (Å²) in [4.78, 5) is 11.9. The minimum absolute atomic E-state index is 0.0821. The summed E-state index contributed by atoms with van der Waals surface area (Å²) in [6.45, 7) is 9.14. The second kappa shape index (κ2) is 4.48. The van der Waals surface area contributed by atoms with Gasteiger partial charge >= 0.3 is 0 Å². The first-order valence-corrected chi connectivity index (χ1v) is 8.79. The van der Waals surface area contributed by atoms with Crippen LogP contribution in [0.2, 0.25) is 0 Å². The molecule has 0 N–H and O–H groups in total. The zero-order chi connectivity index (χ0) is 17.4. The topological polar surface area (TPSA) is 29.0 Å². The number of benzene rings is 1. The van der Waals surface area contributed by atoms with Crippen molar-refractivity contribution in [3.63, 3.8) is 0 Å². The Bertz CT molecular complexity index is 940. The van der Waals surface area contributed by atoms with Crippen LogP contribution < -0.4 is 4.90 Å². The lowest BCUT2D eigenvalue weighted by Crippen LogP contribution is -2.38. The summed E-state index contributed by atoms with van der Waals surface area (Å²) in [5.41, 5.74) is 7.24. The van der Waals surface area contributed by atoms with Gasteiger partial charge in [-0.25, -0.2) is 4.98 Å². The number of aromatic nitrogens is 2. The SMILES string of the molecule is CC1(C)c2cccnc2N2c3cccnc3C(C)(C)c3cccc1c32. The van der Waals surface area contributed by atoms with Gasteiger partial charge in [0.05, 0.1) is 17.1 Å². The van der Waals surface area contributed by atoms with Crippen molar-refractivity contribution in [1.82, 2.24) is 9.97 Å². The standard InChI is InChI=1S/C22H21N3/c1-21(2)14-8-5-9-15-18(14)25(20-16(21)10-6-13-24-20)17-11-7-12-23-19(17)22(15,3)4/h5-13H,1-4H3. The minimum atomic E-state index is -0.138. The predicted molar refractivity (Wildman–Crippen MR) is 101 cm³/mol. The van der Waals surface area contributed by atoms with Crippen molar-refractivity contribution in [1.29, 1.82) is 0 Å². The Morgan fingerprint density at radius 3 is 2.16 bits per heavy atom. The van der Waals surface area contributed by atoms with Crippen LogP contribution in [0, 0.1) is 0 Å². The van der Waals surface area contributed by atoms with E-state index in [-0.39, 0.29) is 10.8 Å². The van der Waals surface area contributed by atoms with E-state index >= 15 is 0 Å². The van der Waals surface area contributed by atoms with Crippen molar-refractivity contribution in [2.75, 3.05) is 4.90 Å². The van der Waals surface area contributed by atoms with Crippen LogP contribution in [0.3, 0.4) is 0 Å². The molecule has 2 aliphatic rings. The van der Waals surface area contributed by atoms with E-state index in [2.05, 4.69) is 62.9 Å². The smallest absolute Gasteiger partial charge is 0.141 e. The van der Waals surface area contributed by atoms with E-state index < -0.39 is 0 Å². The Kier molecular flexibility index (Phi) is 2.63. The van der Waals surface area contributed by atoms with E-state index in [1.54, 1.807) is 0 Å². The van der Waals surface area contributed by atoms with Crippen molar-refractivity contribution in [2.45, 2.75) is 38.5 Å². The van der Waals surface area contributed by atoms with Crippen molar-refractivity contribution in [2.24, 2.45) is 0 Å². The Morgan fingerprint density at radius 1 is 0.720 bits per heavy atom. The molecule has 0 unspecified atom stereocenters. The maximum absolute atomic E-state index is 4.79. The highest BCUT2D eigenvalue weighted by atomic mass is 15.2. The number of hydrogen-bond donors (Lipinski definition) is 0. The molecular weight excluding hydrogens is 306 g/mol. The molecule has 3 heteroatoms. The van der Waals surface area contributed by atoms with E-state index in [0.29, 0.717) is 0 Å². The molecule has 0 saturated carbocycles. The molecule has 1 aromatic carbocycles. The first kappa shape index (κ1) is 14.6. The molecule has 25 heavy (non-hydrogen) atoms. The van der Waals surface area contributed by atoms with E-state index in [1.807, 2.05) is 24.5 Å². The van der Waals surface area contributed by atoms with E-state index in [4.69, 9.17) is 9.97 Å². The number of para-hydroxylation sites is 1. The van der Waals surface area contributed by atoms with Crippen LogP contribution in [-0.2, 0) is 10.8 Å². The van der Waals surface area contributed by atoms with Gasteiger partial charge in [-0.3, -0.25) is 9.88 Å². The molecule has 124 valence electrons. The van der Waals surface area contributed by atoms with E-state index in [1.165, 1.54) is 22.4 Å². The monoisotopic (exact) mass is 327 g/mol. The average Bonchev–Trinajstić information content (AvgIpc) is 2.61. The molecule has 3 aromatic rings. The number of nitrogens with zero attached hydrogens (tertiary/aromatic N) is 3.